The van der Waals surface area contributed by atoms with E-state index in [2.05, 4.69) is 21.3 Å². The van der Waals surface area contributed by atoms with Gasteiger partial charge in [0.05, 0.1) is 6.42 Å². The van der Waals surface area contributed by atoms with Crippen LogP contribution in [-0.4, -0.2) is 37.5 Å². The van der Waals surface area contributed by atoms with E-state index in [1.807, 2.05) is 12.1 Å². The molecule has 0 bridgehead atoms. The molecule has 1 aromatic carbocycles. The molecule has 0 heterocycles. The second-order valence-electron chi connectivity index (χ2n) is 4.76. The van der Waals surface area contributed by atoms with Crippen molar-refractivity contribution in [1.82, 2.24) is 16.0 Å². The molecule has 0 radical (unpaired) electrons. The summed E-state index contributed by atoms with van der Waals surface area (Å²) in [5, 5.41) is 10.3. The summed E-state index contributed by atoms with van der Waals surface area (Å²) in [4.78, 5) is 34.3. The largest absolute Gasteiger partial charge is 0.374 e. The minimum absolute atomic E-state index is 0.0598. The molecule has 1 unspecified atom stereocenters. The second kappa shape index (κ2) is 8.66. The molecule has 0 fully saturated rings. The fraction of sp³-hybridized carbons (Fsp3) is 0.400. The number of anilines is 1. The van der Waals surface area contributed by atoms with Gasteiger partial charge in [0.1, 0.15) is 6.04 Å². The molecule has 1 rings (SSSR count). The Hall–Kier alpha value is -2.57. The lowest BCUT2D eigenvalue weighted by molar-refractivity contribution is -0.121. The molecule has 120 valence electrons. The summed E-state index contributed by atoms with van der Waals surface area (Å²) in [5.74, 6) is -0.476. The van der Waals surface area contributed by atoms with E-state index in [1.165, 1.54) is 0 Å². The van der Waals surface area contributed by atoms with E-state index in [0.717, 1.165) is 11.3 Å². The fourth-order valence-electron chi connectivity index (χ4n) is 1.73. The lowest BCUT2D eigenvalue weighted by Gasteiger charge is -2.15. The molecule has 1 atom stereocenters. The number of nitrogens with one attached hydrogen (secondary N) is 4. The number of hydrogen-bond acceptors (Lipinski definition) is 4. The topological polar surface area (TPSA) is 99.3 Å². The van der Waals surface area contributed by atoms with Crippen molar-refractivity contribution in [1.29, 1.82) is 0 Å². The third kappa shape index (κ3) is 5.82. The van der Waals surface area contributed by atoms with Crippen molar-refractivity contribution in [3.05, 3.63) is 29.8 Å². The zero-order chi connectivity index (χ0) is 16.5. The van der Waals surface area contributed by atoms with Crippen LogP contribution in [0.25, 0.3) is 0 Å². The van der Waals surface area contributed by atoms with E-state index in [9.17, 15) is 14.4 Å². The van der Waals surface area contributed by atoms with Crippen LogP contribution in [0, 0.1) is 0 Å². The summed E-state index contributed by atoms with van der Waals surface area (Å²) in [6.07, 6.45) is 0.310. The van der Waals surface area contributed by atoms with Crippen LogP contribution in [0.15, 0.2) is 24.3 Å². The number of likely N-dealkylation sites (N-methyl/N-ethyl adjacent to an activating group) is 1. The predicted octanol–water partition coefficient (Wildman–Crippen LogP) is 0.621. The zero-order valence-electron chi connectivity index (χ0n) is 13.0. The second-order valence-corrected chi connectivity index (χ2v) is 4.76. The first-order valence-corrected chi connectivity index (χ1v) is 7.11. The van der Waals surface area contributed by atoms with Crippen LogP contribution in [0.4, 0.5) is 10.5 Å². The van der Waals surface area contributed by atoms with E-state index < -0.39 is 18.0 Å². The minimum Gasteiger partial charge on any atom is -0.374 e. The predicted molar refractivity (Wildman–Crippen MR) is 84.5 cm³/mol. The van der Waals surface area contributed by atoms with Gasteiger partial charge in [0.25, 0.3) is 0 Å². The highest BCUT2D eigenvalue weighted by molar-refractivity contribution is 5.97. The van der Waals surface area contributed by atoms with Crippen LogP contribution in [0.1, 0.15) is 19.4 Å². The van der Waals surface area contributed by atoms with Crippen LogP contribution in [0.2, 0.25) is 0 Å². The zero-order valence-corrected chi connectivity index (χ0v) is 13.0. The number of benzene rings is 1. The SMILES string of the molecule is CCNC(=O)NC(=O)C(C)Nc1ccc(CC(=O)NC)cc1. The minimum atomic E-state index is -0.563. The number of imide groups is 1. The van der Waals surface area contributed by atoms with Crippen molar-refractivity contribution in [3.63, 3.8) is 0 Å². The highest BCUT2D eigenvalue weighted by Gasteiger charge is 2.15. The van der Waals surface area contributed by atoms with Gasteiger partial charge in [0.15, 0.2) is 0 Å². The molecule has 22 heavy (non-hydrogen) atoms. The van der Waals surface area contributed by atoms with Crippen molar-refractivity contribution in [2.75, 3.05) is 18.9 Å². The average Bonchev–Trinajstić information content (AvgIpc) is 2.49. The Morgan fingerprint density at radius 2 is 1.77 bits per heavy atom. The van der Waals surface area contributed by atoms with Crippen LogP contribution < -0.4 is 21.3 Å². The number of carbonyl (C=O) groups excluding carboxylic acids is 3. The third-order valence-corrected chi connectivity index (χ3v) is 2.95. The standard InChI is InChI=1S/C15H22N4O3/c1-4-17-15(22)19-14(21)10(2)18-12-7-5-11(6-8-12)9-13(20)16-3/h5-8,10,18H,4,9H2,1-3H3,(H,16,20)(H2,17,19,21,22). The molecule has 0 saturated carbocycles. The first-order valence-electron chi connectivity index (χ1n) is 7.11. The molecule has 0 aliphatic carbocycles. The van der Waals surface area contributed by atoms with Gasteiger partial charge in [-0.1, -0.05) is 12.1 Å². The Morgan fingerprint density at radius 1 is 1.14 bits per heavy atom. The molecule has 0 saturated heterocycles. The van der Waals surface area contributed by atoms with Crippen LogP contribution in [0.5, 0.6) is 0 Å². The normalized spacial score (nSPS) is 11.2. The maximum atomic E-state index is 11.8. The van der Waals surface area contributed by atoms with Gasteiger partial charge < -0.3 is 16.0 Å². The molecule has 7 nitrogen and oxygen atoms in total. The highest BCUT2D eigenvalue weighted by Crippen LogP contribution is 2.11. The van der Waals surface area contributed by atoms with Crippen molar-refractivity contribution < 1.29 is 14.4 Å². The first kappa shape index (κ1) is 17.5. The van der Waals surface area contributed by atoms with Crippen LogP contribution >= 0.6 is 0 Å². The maximum absolute atomic E-state index is 11.8. The molecular weight excluding hydrogens is 284 g/mol. The van der Waals surface area contributed by atoms with Gasteiger partial charge in [-0.25, -0.2) is 4.79 Å². The maximum Gasteiger partial charge on any atom is 0.321 e. The quantitative estimate of drug-likeness (QED) is 0.619. The highest BCUT2D eigenvalue weighted by atomic mass is 16.2. The van der Waals surface area contributed by atoms with Gasteiger partial charge in [-0.3, -0.25) is 14.9 Å². The lowest BCUT2D eigenvalue weighted by atomic mass is 10.1. The van der Waals surface area contributed by atoms with Gasteiger partial charge in [0.2, 0.25) is 11.8 Å². The molecule has 1 aromatic rings. The van der Waals surface area contributed by atoms with Crippen LogP contribution in [-0.2, 0) is 16.0 Å². The first-order chi connectivity index (χ1) is 10.5. The van der Waals surface area contributed by atoms with Gasteiger partial charge in [0, 0.05) is 19.3 Å². The van der Waals surface area contributed by atoms with E-state index in [-0.39, 0.29) is 5.91 Å². The number of carbonyl (C=O) groups is 3. The van der Waals surface area contributed by atoms with Crippen molar-refractivity contribution in [2.45, 2.75) is 26.3 Å². The van der Waals surface area contributed by atoms with Crippen molar-refractivity contribution >= 4 is 23.5 Å². The Balaban J connectivity index is 2.53. The Bertz CT molecular complexity index is 528. The number of hydrogen-bond donors (Lipinski definition) is 4. The van der Waals surface area contributed by atoms with Crippen LogP contribution in [0.3, 0.4) is 0 Å². The number of amides is 4. The summed E-state index contributed by atoms with van der Waals surface area (Å²) in [6.45, 7) is 3.88. The van der Waals surface area contributed by atoms with E-state index >= 15 is 0 Å². The lowest BCUT2D eigenvalue weighted by Crippen LogP contribution is -2.45. The molecule has 0 aromatic heterocycles. The molecule has 0 spiro atoms. The number of rotatable bonds is 6. The summed E-state index contributed by atoms with van der Waals surface area (Å²) >= 11 is 0. The molecule has 4 amide bonds. The summed E-state index contributed by atoms with van der Waals surface area (Å²) < 4.78 is 0. The summed E-state index contributed by atoms with van der Waals surface area (Å²) in [5.41, 5.74) is 1.61. The number of urea groups is 1. The molecule has 7 heteroatoms. The average molecular weight is 306 g/mol. The molecule has 0 aliphatic rings. The fourth-order valence-corrected chi connectivity index (χ4v) is 1.73. The van der Waals surface area contributed by atoms with E-state index in [0.29, 0.717) is 13.0 Å². The molecule has 0 aliphatic heterocycles. The Morgan fingerprint density at radius 3 is 2.32 bits per heavy atom. The monoisotopic (exact) mass is 306 g/mol. The summed E-state index contributed by atoms with van der Waals surface area (Å²) in [7, 11) is 1.59. The molecule has 4 N–H and O–H groups in total. The third-order valence-electron chi connectivity index (χ3n) is 2.95. The smallest absolute Gasteiger partial charge is 0.321 e. The van der Waals surface area contributed by atoms with Gasteiger partial charge in [-0.05, 0) is 31.5 Å². The van der Waals surface area contributed by atoms with Crippen molar-refractivity contribution in [2.24, 2.45) is 0 Å². The van der Waals surface area contributed by atoms with Crippen molar-refractivity contribution in [3.8, 4) is 0 Å². The Kier molecular flexibility index (Phi) is 6.88. The van der Waals surface area contributed by atoms with E-state index in [1.54, 1.807) is 33.0 Å². The summed E-state index contributed by atoms with van der Waals surface area (Å²) in [6, 6.07) is 6.12. The molecular formula is C15H22N4O3. The van der Waals surface area contributed by atoms with Gasteiger partial charge in [-0.15, -0.1) is 0 Å². The van der Waals surface area contributed by atoms with E-state index in [4.69, 9.17) is 0 Å². The van der Waals surface area contributed by atoms with Gasteiger partial charge >= 0.3 is 6.03 Å². The van der Waals surface area contributed by atoms with Gasteiger partial charge in [-0.2, -0.15) is 0 Å². The Labute approximate surface area is 129 Å².